The molecule has 0 bridgehead atoms. The Bertz CT molecular complexity index is 384. The van der Waals surface area contributed by atoms with E-state index in [0.717, 1.165) is 13.1 Å². The molecule has 1 heterocycles. The molecule has 0 aromatic heterocycles. The van der Waals surface area contributed by atoms with Crippen molar-refractivity contribution in [1.82, 2.24) is 10.2 Å². The molecule has 1 saturated heterocycles. The van der Waals surface area contributed by atoms with E-state index in [1.165, 1.54) is 18.9 Å². The van der Waals surface area contributed by atoms with Crippen molar-refractivity contribution in [2.24, 2.45) is 0 Å². The number of likely N-dealkylation sites (tertiary alicyclic amines) is 1. The summed E-state index contributed by atoms with van der Waals surface area (Å²) in [4.78, 5) is 2.30. The van der Waals surface area contributed by atoms with E-state index in [4.69, 9.17) is 11.6 Å². The van der Waals surface area contributed by atoms with Crippen molar-refractivity contribution in [1.29, 1.82) is 0 Å². The predicted molar refractivity (Wildman–Crippen MR) is 68.8 cm³/mol. The number of piperidine rings is 1. The minimum atomic E-state index is -0.228. The van der Waals surface area contributed by atoms with Gasteiger partial charge >= 0.3 is 0 Å². The molecular formula is C13H18ClFN2. The van der Waals surface area contributed by atoms with Crippen LogP contribution < -0.4 is 5.32 Å². The highest BCUT2D eigenvalue weighted by Crippen LogP contribution is 2.15. The van der Waals surface area contributed by atoms with E-state index in [1.807, 2.05) is 0 Å². The first-order valence-electron chi connectivity index (χ1n) is 6.01. The summed E-state index contributed by atoms with van der Waals surface area (Å²) in [7, 11) is 2.12. The van der Waals surface area contributed by atoms with E-state index in [-0.39, 0.29) is 5.82 Å². The molecule has 1 atom stereocenters. The van der Waals surface area contributed by atoms with E-state index in [1.54, 1.807) is 12.1 Å². The van der Waals surface area contributed by atoms with E-state index >= 15 is 0 Å². The van der Waals surface area contributed by atoms with Gasteiger partial charge in [0.25, 0.3) is 0 Å². The zero-order chi connectivity index (χ0) is 12.3. The highest BCUT2D eigenvalue weighted by atomic mass is 35.5. The van der Waals surface area contributed by atoms with Crippen LogP contribution in [-0.4, -0.2) is 31.1 Å². The second kappa shape index (κ2) is 5.80. The quantitative estimate of drug-likeness (QED) is 0.895. The van der Waals surface area contributed by atoms with E-state index in [2.05, 4.69) is 17.3 Å². The Morgan fingerprint density at radius 1 is 1.53 bits per heavy atom. The molecule has 0 spiro atoms. The average Bonchev–Trinajstić information content (AvgIpc) is 2.28. The third kappa shape index (κ3) is 3.66. The molecule has 2 rings (SSSR count). The molecule has 2 nitrogen and oxygen atoms in total. The Kier molecular flexibility index (Phi) is 4.37. The molecule has 0 radical (unpaired) electrons. The summed E-state index contributed by atoms with van der Waals surface area (Å²) in [6.07, 6.45) is 2.37. The van der Waals surface area contributed by atoms with Crippen molar-refractivity contribution in [3.63, 3.8) is 0 Å². The van der Waals surface area contributed by atoms with Gasteiger partial charge in [0.2, 0.25) is 0 Å². The van der Waals surface area contributed by atoms with Gasteiger partial charge in [-0.25, -0.2) is 4.39 Å². The molecule has 1 unspecified atom stereocenters. The molecule has 0 saturated carbocycles. The van der Waals surface area contributed by atoms with Gasteiger partial charge in [-0.05, 0) is 38.6 Å². The smallest absolute Gasteiger partial charge is 0.129 e. The van der Waals surface area contributed by atoms with Gasteiger partial charge < -0.3 is 10.2 Å². The predicted octanol–water partition coefficient (Wildman–Crippen LogP) is 2.66. The van der Waals surface area contributed by atoms with Crippen LogP contribution in [0, 0.1) is 5.82 Å². The van der Waals surface area contributed by atoms with Crippen molar-refractivity contribution < 1.29 is 4.39 Å². The molecule has 1 N–H and O–H groups in total. The number of hydrogen-bond donors (Lipinski definition) is 1. The van der Waals surface area contributed by atoms with Gasteiger partial charge in [0.15, 0.2) is 0 Å². The first kappa shape index (κ1) is 12.8. The lowest BCUT2D eigenvalue weighted by Gasteiger charge is -2.30. The van der Waals surface area contributed by atoms with Crippen LogP contribution in [0.15, 0.2) is 18.2 Å². The van der Waals surface area contributed by atoms with Crippen LogP contribution in [0.3, 0.4) is 0 Å². The fourth-order valence-electron chi connectivity index (χ4n) is 2.25. The molecule has 4 heteroatoms. The highest BCUT2D eigenvalue weighted by Gasteiger charge is 2.16. The van der Waals surface area contributed by atoms with Crippen molar-refractivity contribution in [2.45, 2.75) is 25.4 Å². The summed E-state index contributed by atoms with van der Waals surface area (Å²) in [5.41, 5.74) is 0.683. The van der Waals surface area contributed by atoms with Crippen LogP contribution in [-0.2, 0) is 6.54 Å². The zero-order valence-corrected chi connectivity index (χ0v) is 10.8. The summed E-state index contributed by atoms with van der Waals surface area (Å²) < 4.78 is 13.5. The normalized spacial score (nSPS) is 21.7. The second-order valence-corrected chi connectivity index (χ2v) is 5.15. The Morgan fingerprint density at radius 2 is 2.35 bits per heavy atom. The maximum absolute atomic E-state index is 13.5. The summed E-state index contributed by atoms with van der Waals surface area (Å²) >= 11 is 5.72. The van der Waals surface area contributed by atoms with E-state index in [9.17, 15) is 4.39 Å². The number of hydrogen-bond acceptors (Lipinski definition) is 2. The number of rotatable bonds is 3. The average molecular weight is 257 g/mol. The largest absolute Gasteiger partial charge is 0.309 e. The summed E-state index contributed by atoms with van der Waals surface area (Å²) in [5, 5.41) is 3.85. The molecule has 1 aliphatic heterocycles. The summed E-state index contributed by atoms with van der Waals surface area (Å²) in [6.45, 7) is 2.77. The fourth-order valence-corrected chi connectivity index (χ4v) is 2.41. The molecule has 1 fully saturated rings. The van der Waals surface area contributed by atoms with Crippen molar-refractivity contribution in [3.05, 3.63) is 34.6 Å². The van der Waals surface area contributed by atoms with Crippen LogP contribution in [0.2, 0.25) is 5.02 Å². The minimum Gasteiger partial charge on any atom is -0.309 e. The molecular weight excluding hydrogens is 239 g/mol. The SMILES string of the molecule is CN1CCCC(NCc2ccc(Cl)cc2F)C1. The minimum absolute atomic E-state index is 0.228. The van der Waals surface area contributed by atoms with E-state index in [0.29, 0.717) is 23.2 Å². The molecule has 94 valence electrons. The van der Waals surface area contributed by atoms with Crippen LogP contribution in [0.5, 0.6) is 0 Å². The summed E-state index contributed by atoms with van der Waals surface area (Å²) in [6, 6.07) is 5.31. The number of benzene rings is 1. The van der Waals surface area contributed by atoms with Crippen LogP contribution in [0.4, 0.5) is 4.39 Å². The van der Waals surface area contributed by atoms with Crippen molar-refractivity contribution in [3.8, 4) is 0 Å². The van der Waals surface area contributed by atoms with Crippen LogP contribution >= 0.6 is 11.6 Å². The van der Waals surface area contributed by atoms with Gasteiger partial charge in [-0.1, -0.05) is 17.7 Å². The molecule has 0 aliphatic carbocycles. The summed E-state index contributed by atoms with van der Waals surface area (Å²) in [5.74, 6) is -0.228. The number of likely N-dealkylation sites (N-methyl/N-ethyl adjacent to an activating group) is 1. The zero-order valence-electron chi connectivity index (χ0n) is 10.0. The highest BCUT2D eigenvalue weighted by molar-refractivity contribution is 6.30. The fraction of sp³-hybridized carbons (Fsp3) is 0.538. The lowest BCUT2D eigenvalue weighted by atomic mass is 10.1. The van der Waals surface area contributed by atoms with Gasteiger partial charge in [-0.2, -0.15) is 0 Å². The lowest BCUT2D eigenvalue weighted by Crippen LogP contribution is -2.43. The van der Waals surface area contributed by atoms with E-state index < -0.39 is 0 Å². The Morgan fingerprint density at radius 3 is 3.06 bits per heavy atom. The number of nitrogens with one attached hydrogen (secondary N) is 1. The Labute approximate surface area is 107 Å². The van der Waals surface area contributed by atoms with Gasteiger partial charge in [0.1, 0.15) is 5.82 Å². The standard InChI is InChI=1S/C13H18ClFN2/c1-17-6-2-3-12(9-17)16-8-10-4-5-11(14)7-13(10)15/h4-5,7,12,16H,2-3,6,8-9H2,1H3. The lowest BCUT2D eigenvalue weighted by molar-refractivity contribution is 0.226. The first-order valence-corrected chi connectivity index (χ1v) is 6.39. The molecule has 1 aromatic rings. The Balaban J connectivity index is 1.88. The van der Waals surface area contributed by atoms with Crippen molar-refractivity contribution in [2.75, 3.05) is 20.1 Å². The first-order chi connectivity index (χ1) is 8.15. The molecule has 1 aromatic carbocycles. The van der Waals surface area contributed by atoms with Crippen LogP contribution in [0.1, 0.15) is 18.4 Å². The van der Waals surface area contributed by atoms with Gasteiger partial charge in [0.05, 0.1) is 0 Å². The van der Waals surface area contributed by atoms with Gasteiger partial charge in [0, 0.05) is 29.7 Å². The molecule has 1 aliphatic rings. The monoisotopic (exact) mass is 256 g/mol. The van der Waals surface area contributed by atoms with Gasteiger partial charge in [-0.15, -0.1) is 0 Å². The van der Waals surface area contributed by atoms with Crippen molar-refractivity contribution >= 4 is 11.6 Å². The topological polar surface area (TPSA) is 15.3 Å². The maximum Gasteiger partial charge on any atom is 0.129 e. The van der Waals surface area contributed by atoms with Gasteiger partial charge in [-0.3, -0.25) is 0 Å². The second-order valence-electron chi connectivity index (χ2n) is 4.72. The maximum atomic E-state index is 13.5. The third-order valence-electron chi connectivity index (χ3n) is 3.22. The number of halogens is 2. The third-order valence-corrected chi connectivity index (χ3v) is 3.46. The molecule has 0 amide bonds. The Hall–Kier alpha value is -0.640. The number of nitrogens with zero attached hydrogens (tertiary/aromatic N) is 1. The molecule has 17 heavy (non-hydrogen) atoms. The van der Waals surface area contributed by atoms with Crippen LogP contribution in [0.25, 0.3) is 0 Å².